The summed E-state index contributed by atoms with van der Waals surface area (Å²) in [6, 6.07) is 0. The van der Waals surface area contributed by atoms with Gasteiger partial charge in [0.05, 0.1) is 0 Å². The monoisotopic (exact) mass is 1110 g/mol. The van der Waals surface area contributed by atoms with Gasteiger partial charge >= 0.3 is 35.8 Å². The summed E-state index contributed by atoms with van der Waals surface area (Å²) in [5.41, 5.74) is 0. The molecule has 0 aromatic heterocycles. The summed E-state index contributed by atoms with van der Waals surface area (Å²) in [5.74, 6) is -3.98. The molecule has 0 spiro atoms. The molecule has 0 aliphatic heterocycles. The first-order chi connectivity index (χ1) is 34.6. The Kier molecular flexibility index (Phi) is 101. The smallest absolute Gasteiger partial charge is 0.303 e. The van der Waals surface area contributed by atoms with Gasteiger partial charge in [-0.2, -0.15) is 0 Å². The van der Waals surface area contributed by atoms with Crippen LogP contribution in [0.2, 0.25) is 0 Å². The molecule has 0 amide bonds. The van der Waals surface area contributed by atoms with Crippen molar-refractivity contribution in [3.05, 3.63) is 0 Å². The van der Waals surface area contributed by atoms with Crippen LogP contribution in [0.5, 0.6) is 0 Å². The molecule has 0 saturated carbocycles. The summed E-state index contributed by atoms with van der Waals surface area (Å²) in [5, 5.41) is 50.1. The Labute approximate surface area is 470 Å². The van der Waals surface area contributed by atoms with E-state index in [-0.39, 0.29) is 27.9 Å². The summed E-state index contributed by atoms with van der Waals surface area (Å²) in [6.07, 6.45) is 51.9. The minimum atomic E-state index is -0.663. The first-order valence-electron chi connectivity index (χ1n) is 29.9. The molecule has 3 radical (unpaired) electrons. The van der Waals surface area contributed by atoms with Crippen molar-refractivity contribution in [1.82, 2.24) is 0 Å². The number of hydrogen-bond acceptors (Lipinski definition) is 6. The van der Waals surface area contributed by atoms with Crippen LogP contribution in [0.3, 0.4) is 0 Å². The predicted octanol–water partition coefficient (Wildman–Crippen LogP) is 18.9. The molecule has 12 nitrogen and oxygen atoms in total. The summed E-state index contributed by atoms with van der Waals surface area (Å²) >= 11 is 0. The fraction of sp³-hybridized carbons (Fsp3) is 0.900. The second-order valence-electron chi connectivity index (χ2n) is 19.6. The molecule has 0 aromatic rings. The first-order valence-corrected chi connectivity index (χ1v) is 29.9. The maximum atomic E-state index is 10.1. The molecule has 14 heteroatoms. The Morgan fingerprint density at radius 1 is 0.189 bits per heavy atom. The van der Waals surface area contributed by atoms with E-state index in [0.717, 1.165) is 77.0 Å². The van der Waals surface area contributed by atoms with Crippen molar-refractivity contribution in [2.75, 3.05) is 0 Å². The number of unbranched alkanes of at least 4 members (excludes halogenated alkanes) is 36. The summed E-state index contributed by atoms with van der Waals surface area (Å²) in [4.78, 5) is 60.8. The van der Waals surface area contributed by atoms with Crippen molar-refractivity contribution in [2.45, 2.75) is 350 Å². The third kappa shape index (κ3) is 123. The molecule has 437 valence electrons. The van der Waals surface area contributed by atoms with Crippen LogP contribution >= 0.6 is 0 Å². The molecule has 0 saturated heterocycles. The molecule has 0 rings (SSSR count). The number of hydrogen-bond donors (Lipinski definition) is 6. The van der Waals surface area contributed by atoms with Gasteiger partial charge in [0, 0.05) is 66.4 Å². The van der Waals surface area contributed by atoms with Gasteiger partial charge in [0.25, 0.3) is 0 Å². The van der Waals surface area contributed by atoms with Crippen molar-refractivity contribution < 1.29 is 78.9 Å². The molecular weight excluding hydrogens is 989 g/mol. The fourth-order valence-corrected chi connectivity index (χ4v) is 7.40. The topological polar surface area (TPSA) is 224 Å². The molecule has 0 aliphatic carbocycles. The van der Waals surface area contributed by atoms with Crippen molar-refractivity contribution >= 4 is 44.2 Å². The zero-order valence-electron chi connectivity index (χ0n) is 49.4. The van der Waals surface area contributed by atoms with Gasteiger partial charge < -0.3 is 30.6 Å². The van der Waals surface area contributed by atoms with E-state index in [0.29, 0.717) is 38.5 Å². The van der Waals surface area contributed by atoms with E-state index in [1.165, 1.54) is 193 Å². The minimum absolute atomic E-state index is 0. The van der Waals surface area contributed by atoms with Gasteiger partial charge in [-0.25, -0.2) is 0 Å². The van der Waals surface area contributed by atoms with Crippen molar-refractivity contribution in [3.8, 4) is 0 Å². The minimum Gasteiger partial charge on any atom is -0.481 e. The third-order valence-electron chi connectivity index (χ3n) is 12.0. The van der Waals surface area contributed by atoms with Crippen LogP contribution in [-0.4, -0.2) is 74.9 Å². The van der Waals surface area contributed by atoms with E-state index in [4.69, 9.17) is 30.6 Å². The number of rotatable bonds is 48. The average molecular weight is 1110 g/mol. The van der Waals surface area contributed by atoms with E-state index in [1.54, 1.807) is 0 Å². The molecule has 74 heavy (non-hydrogen) atoms. The maximum absolute atomic E-state index is 10.1. The van der Waals surface area contributed by atoms with E-state index in [2.05, 4.69) is 41.5 Å². The fourth-order valence-electron chi connectivity index (χ4n) is 7.40. The quantitative estimate of drug-likeness (QED) is 0.0247. The van der Waals surface area contributed by atoms with Gasteiger partial charge in [0.2, 0.25) is 0 Å². The molecule has 0 unspecified atom stereocenters. The van der Waals surface area contributed by atoms with Gasteiger partial charge in [-0.15, -0.1) is 0 Å². The number of carboxylic acids is 6. The Morgan fingerprint density at radius 3 is 0.351 bits per heavy atom. The summed E-state index contributed by atoms with van der Waals surface area (Å²) in [7, 11) is 0. The van der Waals surface area contributed by atoms with Crippen LogP contribution in [0.15, 0.2) is 0 Å². The second-order valence-corrected chi connectivity index (χ2v) is 19.6. The van der Waals surface area contributed by atoms with Crippen LogP contribution < -0.4 is 0 Å². The molecule has 0 heterocycles. The van der Waals surface area contributed by atoms with Gasteiger partial charge in [0.1, 0.15) is 0 Å². The molecule has 0 aliphatic rings. The summed E-state index contributed by atoms with van der Waals surface area (Å²) in [6.45, 7) is 13.2. The van der Waals surface area contributed by atoms with Crippen molar-refractivity contribution in [2.24, 2.45) is 0 Å². The van der Waals surface area contributed by atoms with Gasteiger partial charge in [-0.1, -0.05) is 273 Å². The third-order valence-corrected chi connectivity index (χ3v) is 12.0. The van der Waals surface area contributed by atoms with Crippen LogP contribution in [-0.2, 0) is 48.2 Å². The normalized spacial score (nSPS) is 9.81. The van der Waals surface area contributed by atoms with Crippen molar-refractivity contribution in [3.63, 3.8) is 0 Å². The van der Waals surface area contributed by atoms with E-state index >= 15 is 0 Å². The van der Waals surface area contributed by atoms with Crippen molar-refractivity contribution in [1.29, 1.82) is 0 Å². The SMILES string of the molecule is CCCCCCCCCC(=O)O.CCCCCCCCCC(=O)O.CCCCCCCCCC(=O)O.CCCCCCCCCC(=O)O.CCCCCCCCCC(=O)O.CCCCCCCCCC(=O)O.[B].[Zn]. The van der Waals surface area contributed by atoms with Gasteiger partial charge in [-0.05, 0) is 38.5 Å². The largest absolute Gasteiger partial charge is 0.481 e. The Hall–Kier alpha value is -2.49. The number of carbonyl (C=O) groups is 6. The number of aliphatic carboxylic acids is 6. The van der Waals surface area contributed by atoms with E-state index in [9.17, 15) is 28.8 Å². The molecule has 6 N–H and O–H groups in total. The van der Waals surface area contributed by atoms with Crippen LogP contribution in [0, 0.1) is 0 Å². The molecule has 0 fully saturated rings. The number of carboxylic acid groups (broad SMARTS) is 6. The van der Waals surface area contributed by atoms with Crippen LogP contribution in [0.4, 0.5) is 0 Å². The zero-order valence-corrected chi connectivity index (χ0v) is 52.3. The van der Waals surface area contributed by atoms with Crippen LogP contribution in [0.1, 0.15) is 350 Å². The Morgan fingerprint density at radius 2 is 0.270 bits per heavy atom. The average Bonchev–Trinajstić information content (AvgIpc) is 3.33. The molecule has 0 bridgehead atoms. The van der Waals surface area contributed by atoms with Gasteiger partial charge in [0.15, 0.2) is 0 Å². The first kappa shape index (κ1) is 88.1. The molecular formula is C60H120BO12Zn. The predicted molar refractivity (Wildman–Crippen MR) is 307 cm³/mol. The summed E-state index contributed by atoms with van der Waals surface area (Å²) < 4.78 is 0. The maximum Gasteiger partial charge on any atom is 0.303 e. The van der Waals surface area contributed by atoms with E-state index in [1.807, 2.05) is 0 Å². The van der Waals surface area contributed by atoms with Gasteiger partial charge in [-0.3, -0.25) is 28.8 Å². The van der Waals surface area contributed by atoms with Crippen LogP contribution in [0.25, 0.3) is 0 Å². The standard InChI is InChI=1S/6C10H20O2.B.Zn/c6*1-2-3-4-5-6-7-8-9-10(11)12;;/h6*2-9H2,1H3,(H,11,12);;. The molecule has 0 atom stereocenters. The Balaban J connectivity index is -0.000000117. The molecule has 0 aromatic carbocycles. The van der Waals surface area contributed by atoms with E-state index < -0.39 is 35.8 Å². The second kappa shape index (κ2) is 84.5. The zero-order chi connectivity index (χ0) is 55.4. The Bertz CT molecular complexity index is 895.